The van der Waals surface area contributed by atoms with Gasteiger partial charge in [-0.25, -0.2) is 0 Å². The molecule has 0 saturated heterocycles. The Morgan fingerprint density at radius 1 is 0.625 bits per heavy atom. The van der Waals surface area contributed by atoms with Gasteiger partial charge in [-0.05, 0) is 4.18 Å². The summed E-state index contributed by atoms with van der Waals surface area (Å²) in [4.78, 5) is 0. The lowest BCUT2D eigenvalue weighted by atomic mass is 10.1. The van der Waals surface area contributed by atoms with Crippen molar-refractivity contribution in [1.29, 1.82) is 0 Å². The minimum absolute atomic E-state index is 0.197. The molecule has 0 aliphatic heterocycles. The summed E-state index contributed by atoms with van der Waals surface area (Å²) < 4.78 is 0.260. The highest BCUT2D eigenvalue weighted by molar-refractivity contribution is 7.48. The van der Waals surface area contributed by atoms with Crippen LogP contribution in [0.2, 0.25) is 63.1 Å². The number of hydrogen-bond acceptors (Lipinski definition) is 0. The molecule has 96 valence electrons. The maximum absolute atomic E-state index is 6.52. The van der Waals surface area contributed by atoms with E-state index in [1.165, 1.54) is 0 Å². The molecule has 0 heterocycles. The maximum atomic E-state index is 6.52. The molecule has 16 heavy (non-hydrogen) atoms. The molecule has 0 spiro atoms. The third kappa shape index (κ3) is 2.66. The van der Waals surface area contributed by atoms with Crippen molar-refractivity contribution in [3.05, 3.63) is 0 Å². The molecule has 0 atom stereocenters. The molecule has 0 bridgehead atoms. The van der Waals surface area contributed by atoms with Gasteiger partial charge >= 0.3 is 5.54 Å². The lowest BCUT2D eigenvalue weighted by molar-refractivity contribution is 1.24. The molecule has 0 unspecified atom stereocenters. The Morgan fingerprint density at radius 3 is 0.812 bits per heavy atom. The van der Waals surface area contributed by atoms with Crippen LogP contribution in [0.1, 0.15) is 0 Å². The molecule has 0 saturated carbocycles. The van der Waals surface area contributed by atoms with E-state index in [9.17, 15) is 0 Å². The minimum atomic E-state index is -1.41. The van der Waals surface area contributed by atoms with Crippen LogP contribution in [-0.2, 0) is 0 Å². The Kier molecular flexibility index (Phi) is 5.15. The van der Waals surface area contributed by atoms with Gasteiger partial charge in [0.2, 0.25) is 0 Å². The Hall–Kier alpha value is 1.30. The molecule has 0 amide bonds. The van der Waals surface area contributed by atoms with Crippen molar-refractivity contribution in [1.82, 2.24) is 0 Å². The number of hydrogen-bond donors (Lipinski definition) is 0. The molecular formula is C10H27BCl2Si3. The van der Waals surface area contributed by atoms with Gasteiger partial charge in [-0.1, -0.05) is 58.9 Å². The Balaban J connectivity index is 6.05. The molecule has 0 aromatic rings. The Labute approximate surface area is 115 Å². The first kappa shape index (κ1) is 17.3. The van der Waals surface area contributed by atoms with Crippen LogP contribution in [-0.4, -0.2) is 29.8 Å². The molecule has 0 fully saturated rings. The fourth-order valence-electron chi connectivity index (χ4n) is 4.36. The minimum Gasteiger partial charge on any atom is -0.172 e. The molecule has 0 radical (unpaired) electrons. The van der Waals surface area contributed by atoms with Crippen LogP contribution in [0.25, 0.3) is 0 Å². The van der Waals surface area contributed by atoms with Gasteiger partial charge in [0.15, 0.2) is 0 Å². The van der Waals surface area contributed by atoms with Crippen LogP contribution in [0.5, 0.6) is 0 Å². The number of rotatable bonds is 4. The van der Waals surface area contributed by atoms with Crippen LogP contribution in [0.3, 0.4) is 0 Å². The molecule has 0 N–H and O–H groups in total. The summed E-state index contributed by atoms with van der Waals surface area (Å²) in [5.41, 5.74) is -0.197. The smallest absolute Gasteiger partial charge is 0.172 e. The van der Waals surface area contributed by atoms with E-state index in [1.54, 1.807) is 0 Å². The zero-order chi connectivity index (χ0) is 13.6. The average molecular weight is 313 g/mol. The van der Waals surface area contributed by atoms with Crippen molar-refractivity contribution in [3.8, 4) is 0 Å². The SMILES string of the molecule is C[Si](C)(C)C(B(Cl)Cl)([Si](C)(C)C)[Si](C)(C)C. The summed E-state index contributed by atoms with van der Waals surface area (Å²) in [6, 6.07) is 0. The first-order chi connectivity index (χ1) is 6.69. The van der Waals surface area contributed by atoms with Gasteiger partial charge in [0.05, 0.1) is 0 Å². The Morgan fingerprint density at radius 2 is 0.812 bits per heavy atom. The largest absolute Gasteiger partial charge is 0.350 e. The quantitative estimate of drug-likeness (QED) is 0.616. The standard InChI is InChI=1S/C10H27BCl2Si3/c1-14(2,3)10(11(12)13,15(4,5)6)16(7,8)9/h1-9H3. The second kappa shape index (κ2) is 4.76. The van der Waals surface area contributed by atoms with Crippen molar-refractivity contribution in [2.24, 2.45) is 0 Å². The number of halogens is 2. The summed E-state index contributed by atoms with van der Waals surface area (Å²) in [7, 11) is -4.23. The summed E-state index contributed by atoms with van der Waals surface area (Å²) in [5.74, 6) is 0. The van der Waals surface area contributed by atoms with E-state index < -0.39 is 24.2 Å². The van der Waals surface area contributed by atoms with Crippen LogP contribution < -0.4 is 0 Å². The first-order valence-corrected chi connectivity index (χ1v) is 17.3. The third-order valence-corrected chi connectivity index (χ3v) is 27.1. The predicted octanol–water partition coefficient (Wildman–Crippen LogP) is 5.32. The second-order valence-electron chi connectivity index (χ2n) is 7.86. The van der Waals surface area contributed by atoms with E-state index in [4.69, 9.17) is 22.9 Å². The predicted molar refractivity (Wildman–Crippen MR) is 90.2 cm³/mol. The molecule has 0 nitrogen and oxygen atoms in total. The molecule has 0 aromatic carbocycles. The van der Waals surface area contributed by atoms with Gasteiger partial charge in [-0.3, -0.25) is 0 Å². The fourth-order valence-corrected chi connectivity index (χ4v) is 39.2. The molecule has 0 aliphatic carbocycles. The van der Waals surface area contributed by atoms with Crippen molar-refractivity contribution in [2.75, 3.05) is 0 Å². The lowest BCUT2D eigenvalue weighted by Gasteiger charge is -2.59. The van der Waals surface area contributed by atoms with Crippen LogP contribution in [0.4, 0.5) is 0 Å². The highest BCUT2D eigenvalue weighted by Crippen LogP contribution is 2.57. The van der Waals surface area contributed by atoms with Gasteiger partial charge in [-0.15, -0.1) is 0 Å². The first-order valence-electron chi connectivity index (χ1n) is 5.98. The zero-order valence-electron chi connectivity index (χ0n) is 12.3. The van der Waals surface area contributed by atoms with Crippen molar-refractivity contribution in [2.45, 2.75) is 63.1 Å². The van der Waals surface area contributed by atoms with Crippen molar-refractivity contribution >= 4 is 52.7 Å². The lowest BCUT2D eigenvalue weighted by Crippen LogP contribution is -2.70. The topological polar surface area (TPSA) is 0 Å². The van der Waals surface area contributed by atoms with Gasteiger partial charge in [0.25, 0.3) is 0 Å². The normalized spacial score (nSPS) is 15.2. The molecule has 0 rings (SSSR count). The monoisotopic (exact) mass is 312 g/mol. The van der Waals surface area contributed by atoms with Crippen LogP contribution >= 0.6 is 22.9 Å². The molecule has 6 heteroatoms. The summed E-state index contributed by atoms with van der Waals surface area (Å²) in [5, 5.41) is 0. The summed E-state index contributed by atoms with van der Waals surface area (Å²) >= 11 is 13.0. The van der Waals surface area contributed by atoms with E-state index in [2.05, 4.69) is 58.9 Å². The molecular weight excluding hydrogens is 286 g/mol. The highest BCUT2D eigenvalue weighted by atomic mass is 35.5. The summed E-state index contributed by atoms with van der Waals surface area (Å²) in [6.07, 6.45) is 0. The van der Waals surface area contributed by atoms with E-state index in [-0.39, 0.29) is 9.73 Å². The Bertz CT molecular complexity index is 212. The van der Waals surface area contributed by atoms with Crippen LogP contribution in [0, 0.1) is 0 Å². The van der Waals surface area contributed by atoms with Gasteiger partial charge in [0, 0.05) is 24.2 Å². The van der Waals surface area contributed by atoms with Gasteiger partial charge in [0.1, 0.15) is 0 Å². The van der Waals surface area contributed by atoms with Gasteiger partial charge in [-0.2, -0.15) is 22.9 Å². The summed E-state index contributed by atoms with van der Waals surface area (Å²) in [6.45, 7) is 22.0. The van der Waals surface area contributed by atoms with E-state index >= 15 is 0 Å². The van der Waals surface area contributed by atoms with E-state index in [0.29, 0.717) is 0 Å². The average Bonchev–Trinajstić information content (AvgIpc) is 1.71. The third-order valence-electron chi connectivity index (χ3n) is 3.88. The maximum Gasteiger partial charge on any atom is 0.350 e. The van der Waals surface area contributed by atoms with E-state index in [0.717, 1.165) is 0 Å². The van der Waals surface area contributed by atoms with E-state index in [1.807, 2.05) is 0 Å². The van der Waals surface area contributed by atoms with Crippen molar-refractivity contribution in [3.63, 3.8) is 0 Å². The van der Waals surface area contributed by atoms with Gasteiger partial charge < -0.3 is 0 Å². The highest BCUT2D eigenvalue weighted by Gasteiger charge is 2.64. The zero-order valence-corrected chi connectivity index (χ0v) is 16.8. The fraction of sp³-hybridized carbons (Fsp3) is 1.00. The van der Waals surface area contributed by atoms with Crippen LogP contribution in [0.15, 0.2) is 0 Å². The second-order valence-corrected chi connectivity index (χ2v) is 26.3. The molecule has 0 aliphatic rings. The molecule has 0 aromatic heterocycles. The van der Waals surface area contributed by atoms with Crippen molar-refractivity contribution < 1.29 is 0 Å².